The zero-order valence-electron chi connectivity index (χ0n) is 17.6. The zero-order chi connectivity index (χ0) is 22.9. The third-order valence-electron chi connectivity index (χ3n) is 4.69. The Kier molecular flexibility index (Phi) is 7.25. The SMILES string of the molecule is O=C(Nc1ccccc1C(=O)N/N=C/c1ccccc1OCc1ccccc1)c1cccs1. The molecular formula is C26H21N3O3S. The van der Waals surface area contributed by atoms with E-state index < -0.39 is 5.91 Å². The number of hydrazone groups is 1. The zero-order valence-corrected chi connectivity index (χ0v) is 18.4. The number of ether oxygens (including phenoxy) is 1. The van der Waals surface area contributed by atoms with Crippen molar-refractivity contribution >= 4 is 35.1 Å². The molecule has 0 aliphatic carbocycles. The first-order chi connectivity index (χ1) is 16.2. The van der Waals surface area contributed by atoms with Crippen molar-refractivity contribution in [3.63, 3.8) is 0 Å². The van der Waals surface area contributed by atoms with E-state index in [4.69, 9.17) is 4.74 Å². The number of benzene rings is 3. The molecule has 1 heterocycles. The molecule has 4 aromatic rings. The Labute approximate surface area is 195 Å². The Morgan fingerprint density at radius 1 is 0.848 bits per heavy atom. The van der Waals surface area contributed by atoms with Crippen LogP contribution in [-0.2, 0) is 6.61 Å². The van der Waals surface area contributed by atoms with Crippen LogP contribution in [0.15, 0.2) is 101 Å². The van der Waals surface area contributed by atoms with Crippen LogP contribution in [-0.4, -0.2) is 18.0 Å². The number of rotatable bonds is 8. The number of nitrogens with zero attached hydrogens (tertiary/aromatic N) is 1. The number of carbonyl (C=O) groups excluding carboxylic acids is 2. The summed E-state index contributed by atoms with van der Waals surface area (Å²) in [6, 6.07) is 27.6. The van der Waals surface area contributed by atoms with E-state index >= 15 is 0 Å². The summed E-state index contributed by atoms with van der Waals surface area (Å²) < 4.78 is 5.91. The highest BCUT2D eigenvalue weighted by atomic mass is 32.1. The first-order valence-electron chi connectivity index (χ1n) is 10.2. The van der Waals surface area contributed by atoms with Gasteiger partial charge in [-0.25, -0.2) is 5.43 Å². The fourth-order valence-corrected chi connectivity index (χ4v) is 3.68. The van der Waals surface area contributed by atoms with Crippen molar-refractivity contribution < 1.29 is 14.3 Å². The van der Waals surface area contributed by atoms with Crippen LogP contribution in [0.5, 0.6) is 5.75 Å². The third kappa shape index (κ3) is 5.93. The first kappa shape index (κ1) is 22.0. The summed E-state index contributed by atoms with van der Waals surface area (Å²) in [6.45, 7) is 0.426. The van der Waals surface area contributed by atoms with Crippen molar-refractivity contribution in [2.24, 2.45) is 5.10 Å². The van der Waals surface area contributed by atoms with Gasteiger partial charge in [0.05, 0.1) is 22.3 Å². The quantitative estimate of drug-likeness (QED) is 0.278. The Hall–Kier alpha value is -4.23. The topological polar surface area (TPSA) is 79.8 Å². The standard InChI is InChI=1S/C26H21N3O3S/c30-25(21-12-5-6-13-22(21)28-26(31)24-15-8-16-33-24)29-27-17-20-11-4-7-14-23(20)32-18-19-9-2-1-3-10-19/h1-17H,18H2,(H,28,31)(H,29,30)/b27-17+. The average Bonchev–Trinajstić information content (AvgIpc) is 3.40. The maximum Gasteiger partial charge on any atom is 0.273 e. The van der Waals surface area contributed by atoms with Crippen LogP contribution in [0.1, 0.15) is 31.2 Å². The summed E-state index contributed by atoms with van der Waals surface area (Å²) in [6.07, 6.45) is 1.53. The Bertz CT molecular complexity index is 1250. The lowest BCUT2D eigenvalue weighted by Gasteiger charge is -2.10. The Morgan fingerprint density at radius 3 is 2.42 bits per heavy atom. The number of thiophene rings is 1. The highest BCUT2D eigenvalue weighted by Crippen LogP contribution is 2.19. The Morgan fingerprint density at radius 2 is 1.61 bits per heavy atom. The van der Waals surface area contributed by atoms with E-state index in [9.17, 15) is 9.59 Å². The number of nitrogens with one attached hydrogen (secondary N) is 2. The summed E-state index contributed by atoms with van der Waals surface area (Å²) in [5, 5.41) is 8.69. The summed E-state index contributed by atoms with van der Waals surface area (Å²) in [4.78, 5) is 25.7. The molecular weight excluding hydrogens is 434 g/mol. The number of hydrogen-bond acceptors (Lipinski definition) is 5. The second-order valence-corrected chi connectivity index (χ2v) is 7.94. The Balaban J connectivity index is 1.41. The molecule has 0 atom stereocenters. The second kappa shape index (κ2) is 10.9. The van der Waals surface area contributed by atoms with Gasteiger partial charge in [-0.3, -0.25) is 9.59 Å². The van der Waals surface area contributed by atoms with Crippen LogP contribution >= 0.6 is 11.3 Å². The molecule has 2 amide bonds. The molecule has 0 spiro atoms. The molecule has 0 bridgehead atoms. The molecule has 1 aromatic heterocycles. The van der Waals surface area contributed by atoms with Gasteiger partial charge in [0, 0.05) is 5.56 Å². The van der Waals surface area contributed by atoms with Gasteiger partial charge in [-0.15, -0.1) is 11.3 Å². The minimum atomic E-state index is -0.434. The van der Waals surface area contributed by atoms with Gasteiger partial charge >= 0.3 is 0 Å². The van der Waals surface area contributed by atoms with Gasteiger partial charge in [0.25, 0.3) is 11.8 Å². The van der Waals surface area contributed by atoms with Gasteiger partial charge in [0.15, 0.2) is 0 Å². The van der Waals surface area contributed by atoms with E-state index in [1.165, 1.54) is 17.6 Å². The summed E-state index contributed by atoms with van der Waals surface area (Å²) in [5.41, 5.74) is 5.03. The van der Waals surface area contributed by atoms with Gasteiger partial charge in [-0.05, 0) is 41.3 Å². The van der Waals surface area contributed by atoms with E-state index in [0.29, 0.717) is 28.5 Å². The predicted octanol–water partition coefficient (Wildman–Crippen LogP) is 5.34. The van der Waals surface area contributed by atoms with Gasteiger partial charge in [0.2, 0.25) is 0 Å². The van der Waals surface area contributed by atoms with Crippen molar-refractivity contribution in [2.75, 3.05) is 5.32 Å². The smallest absolute Gasteiger partial charge is 0.273 e. The van der Waals surface area contributed by atoms with Crippen LogP contribution < -0.4 is 15.5 Å². The van der Waals surface area contributed by atoms with Gasteiger partial charge in [-0.2, -0.15) is 5.10 Å². The van der Waals surface area contributed by atoms with Crippen molar-refractivity contribution in [1.82, 2.24) is 5.43 Å². The maximum absolute atomic E-state index is 12.7. The van der Waals surface area contributed by atoms with Gasteiger partial charge < -0.3 is 10.1 Å². The first-order valence-corrected chi connectivity index (χ1v) is 11.1. The number of para-hydroxylation sites is 2. The average molecular weight is 456 g/mol. The lowest BCUT2D eigenvalue weighted by Crippen LogP contribution is -2.21. The van der Waals surface area contributed by atoms with E-state index in [1.807, 2.05) is 60.0 Å². The van der Waals surface area contributed by atoms with Crippen LogP contribution in [0.2, 0.25) is 0 Å². The lowest BCUT2D eigenvalue weighted by atomic mass is 10.1. The van der Waals surface area contributed by atoms with Crippen LogP contribution in [0.25, 0.3) is 0 Å². The van der Waals surface area contributed by atoms with Crippen LogP contribution in [0, 0.1) is 0 Å². The van der Waals surface area contributed by atoms with Crippen LogP contribution in [0.3, 0.4) is 0 Å². The molecule has 3 aromatic carbocycles. The molecule has 4 rings (SSSR count). The third-order valence-corrected chi connectivity index (χ3v) is 5.56. The molecule has 0 saturated carbocycles. The fourth-order valence-electron chi connectivity index (χ4n) is 3.06. The molecule has 0 aliphatic heterocycles. The predicted molar refractivity (Wildman–Crippen MR) is 131 cm³/mol. The van der Waals surface area contributed by atoms with Crippen LogP contribution in [0.4, 0.5) is 5.69 Å². The highest BCUT2D eigenvalue weighted by Gasteiger charge is 2.14. The number of amides is 2. The van der Waals surface area contributed by atoms with Crippen molar-refractivity contribution in [3.05, 3.63) is 118 Å². The second-order valence-electron chi connectivity index (χ2n) is 6.99. The number of hydrogen-bond donors (Lipinski definition) is 2. The lowest BCUT2D eigenvalue weighted by molar-refractivity contribution is 0.0956. The van der Waals surface area contributed by atoms with Crippen molar-refractivity contribution in [2.45, 2.75) is 6.61 Å². The van der Waals surface area contributed by atoms with E-state index in [2.05, 4.69) is 15.8 Å². The summed E-state index contributed by atoms with van der Waals surface area (Å²) >= 11 is 1.33. The highest BCUT2D eigenvalue weighted by molar-refractivity contribution is 7.12. The molecule has 6 nitrogen and oxygen atoms in total. The minimum Gasteiger partial charge on any atom is -0.488 e. The van der Waals surface area contributed by atoms with Crippen molar-refractivity contribution in [1.29, 1.82) is 0 Å². The molecule has 7 heteroatoms. The van der Waals surface area contributed by atoms with E-state index in [-0.39, 0.29) is 5.91 Å². The number of carbonyl (C=O) groups is 2. The molecule has 0 aliphatic rings. The summed E-state index contributed by atoms with van der Waals surface area (Å²) in [7, 11) is 0. The maximum atomic E-state index is 12.7. The molecule has 0 radical (unpaired) electrons. The van der Waals surface area contributed by atoms with Crippen molar-refractivity contribution in [3.8, 4) is 5.75 Å². The minimum absolute atomic E-state index is 0.266. The molecule has 0 saturated heterocycles. The summed E-state index contributed by atoms with van der Waals surface area (Å²) in [5.74, 6) is -0.0442. The monoisotopic (exact) mass is 455 g/mol. The number of anilines is 1. The molecule has 164 valence electrons. The molecule has 0 unspecified atom stereocenters. The normalized spacial score (nSPS) is 10.7. The van der Waals surface area contributed by atoms with E-state index in [1.54, 1.807) is 36.4 Å². The molecule has 2 N–H and O–H groups in total. The van der Waals surface area contributed by atoms with Gasteiger partial charge in [0.1, 0.15) is 12.4 Å². The van der Waals surface area contributed by atoms with Gasteiger partial charge in [-0.1, -0.05) is 60.7 Å². The molecule has 0 fully saturated rings. The largest absolute Gasteiger partial charge is 0.488 e. The fraction of sp³-hybridized carbons (Fsp3) is 0.0385. The molecule has 33 heavy (non-hydrogen) atoms. The van der Waals surface area contributed by atoms with E-state index in [0.717, 1.165) is 11.1 Å².